The monoisotopic (exact) mass is 425 g/mol. The minimum Gasteiger partial charge on any atom is -0.463 e. The number of fused-ring (bicyclic) bond motifs is 1. The number of nitrogens with zero attached hydrogens (tertiary/aromatic N) is 3. The highest BCUT2D eigenvalue weighted by molar-refractivity contribution is 5.66. The van der Waals surface area contributed by atoms with Crippen molar-refractivity contribution in [1.29, 1.82) is 0 Å². The maximum atomic E-state index is 14.9. The molecule has 0 spiro atoms. The molecule has 10 heteroatoms. The van der Waals surface area contributed by atoms with E-state index in [4.69, 9.17) is 9.15 Å². The molecule has 7 nitrogen and oxygen atoms in total. The second kappa shape index (κ2) is 7.31. The molecule has 2 N–H and O–H groups in total. The molecule has 0 saturated carbocycles. The van der Waals surface area contributed by atoms with Gasteiger partial charge in [-0.05, 0) is 25.5 Å². The number of furan rings is 1. The van der Waals surface area contributed by atoms with Crippen LogP contribution in [0.2, 0.25) is 0 Å². The van der Waals surface area contributed by atoms with Gasteiger partial charge in [0.1, 0.15) is 17.8 Å². The van der Waals surface area contributed by atoms with Gasteiger partial charge in [0.2, 0.25) is 5.82 Å². The molecule has 31 heavy (non-hydrogen) atoms. The highest BCUT2D eigenvalue weighted by Gasteiger charge is 2.24. The topological polar surface area (TPSA) is 88.9 Å². The zero-order chi connectivity index (χ0) is 21.5. The van der Waals surface area contributed by atoms with Crippen molar-refractivity contribution in [3.63, 3.8) is 0 Å². The van der Waals surface area contributed by atoms with Crippen LogP contribution in [-0.4, -0.2) is 20.2 Å². The molecule has 5 rings (SSSR count). The summed E-state index contributed by atoms with van der Waals surface area (Å²) in [7, 11) is 0. The maximum absolute atomic E-state index is 14.9. The number of aromatic amines is 1. The Morgan fingerprint density at radius 1 is 1.16 bits per heavy atom. The molecule has 0 amide bonds. The van der Waals surface area contributed by atoms with E-state index in [1.165, 1.54) is 12.3 Å². The van der Waals surface area contributed by atoms with Gasteiger partial charge in [0.15, 0.2) is 29.0 Å². The summed E-state index contributed by atoms with van der Waals surface area (Å²) < 4.78 is 54.6. The number of aromatic nitrogens is 4. The van der Waals surface area contributed by atoms with E-state index in [9.17, 15) is 13.2 Å². The summed E-state index contributed by atoms with van der Waals surface area (Å²) in [4.78, 5) is 7.53. The van der Waals surface area contributed by atoms with Gasteiger partial charge in [-0.25, -0.2) is 13.8 Å². The molecule has 3 heterocycles. The van der Waals surface area contributed by atoms with Crippen LogP contribution in [0.3, 0.4) is 0 Å². The van der Waals surface area contributed by atoms with E-state index in [2.05, 4.69) is 25.5 Å². The van der Waals surface area contributed by atoms with Crippen LogP contribution >= 0.6 is 0 Å². The number of hydrogen-bond acceptors (Lipinski definition) is 6. The number of halogens is 3. The lowest BCUT2D eigenvalue weighted by molar-refractivity contribution is 0.393. The number of rotatable bonds is 5. The molecule has 3 aromatic heterocycles. The lowest BCUT2D eigenvalue weighted by Crippen LogP contribution is -2.03. The van der Waals surface area contributed by atoms with E-state index in [1.807, 2.05) is 0 Å². The van der Waals surface area contributed by atoms with Crippen molar-refractivity contribution < 1.29 is 22.3 Å². The van der Waals surface area contributed by atoms with Crippen LogP contribution in [0, 0.1) is 17.5 Å². The van der Waals surface area contributed by atoms with E-state index < -0.39 is 29.1 Å². The second-order valence-electron chi connectivity index (χ2n) is 6.94. The summed E-state index contributed by atoms with van der Waals surface area (Å²) in [6.45, 7) is 1.77. The Labute approximate surface area is 173 Å². The maximum Gasteiger partial charge on any atom is 0.261 e. The highest BCUT2D eigenvalue weighted by atomic mass is 19.1. The van der Waals surface area contributed by atoms with Gasteiger partial charge in [0.05, 0.1) is 6.26 Å². The minimum absolute atomic E-state index is 0.0993. The molecule has 0 aliphatic heterocycles. The first-order valence-corrected chi connectivity index (χ1v) is 9.22. The van der Waals surface area contributed by atoms with Crippen LogP contribution in [0.15, 0.2) is 46.8 Å². The molecule has 1 aromatic carbocycles. The highest BCUT2D eigenvalue weighted by Crippen LogP contribution is 2.37. The van der Waals surface area contributed by atoms with Crippen LogP contribution < -0.4 is 10.1 Å². The number of ether oxygens (including phenoxy) is 1. The molecule has 0 unspecified atom stereocenters. The second-order valence-corrected chi connectivity index (χ2v) is 6.94. The fourth-order valence-corrected chi connectivity index (χ4v) is 3.32. The molecule has 0 bridgehead atoms. The van der Waals surface area contributed by atoms with Gasteiger partial charge in [0.25, 0.3) is 5.88 Å². The average Bonchev–Trinajstić information content (AvgIpc) is 3.49. The molecule has 0 atom stereocenters. The van der Waals surface area contributed by atoms with Crippen LogP contribution in [0.4, 0.5) is 24.8 Å². The molecule has 0 fully saturated rings. The van der Waals surface area contributed by atoms with E-state index in [0.29, 0.717) is 17.9 Å². The Morgan fingerprint density at radius 2 is 2.03 bits per heavy atom. The van der Waals surface area contributed by atoms with Crippen LogP contribution in [0.25, 0.3) is 17.5 Å². The lowest BCUT2D eigenvalue weighted by Gasteiger charge is -2.11. The number of nitrogens with one attached hydrogen (secondary N) is 2. The van der Waals surface area contributed by atoms with Gasteiger partial charge < -0.3 is 14.5 Å². The Kier molecular flexibility index (Phi) is 4.46. The summed E-state index contributed by atoms with van der Waals surface area (Å²) in [5.74, 6) is -2.87. The first kappa shape index (κ1) is 18.9. The van der Waals surface area contributed by atoms with Crippen LogP contribution in [0.5, 0.6) is 11.6 Å². The third-order valence-electron chi connectivity index (χ3n) is 4.75. The molecule has 0 radical (unpaired) electrons. The van der Waals surface area contributed by atoms with Gasteiger partial charge in [-0.1, -0.05) is 11.6 Å². The number of benzene rings is 1. The molecule has 0 saturated heterocycles. The standard InChI is InChI=1S/C21H14F3N5O2/c1-10-5-11-12(6-10)18(23)16(7-13(11)22)31-21-19(24)20(25-9-26-21)27-17-8-14(28-29-17)15-3-2-4-30-15/h2-4,6-9H,5H2,1H3,(H2,25,26,27,28,29). The van der Waals surface area contributed by atoms with Gasteiger partial charge in [-0.15, -0.1) is 0 Å². The van der Waals surface area contributed by atoms with Gasteiger partial charge in [-0.2, -0.15) is 14.5 Å². The van der Waals surface area contributed by atoms with Crippen molar-refractivity contribution >= 4 is 17.7 Å². The summed E-state index contributed by atoms with van der Waals surface area (Å²) in [5, 5.41) is 9.44. The van der Waals surface area contributed by atoms with Crippen molar-refractivity contribution in [3.8, 4) is 23.1 Å². The molecule has 4 aromatic rings. The zero-order valence-corrected chi connectivity index (χ0v) is 16.0. The van der Waals surface area contributed by atoms with E-state index >= 15 is 0 Å². The third kappa shape index (κ3) is 3.41. The largest absolute Gasteiger partial charge is 0.463 e. The van der Waals surface area contributed by atoms with E-state index in [0.717, 1.165) is 18.0 Å². The fourth-order valence-electron chi connectivity index (χ4n) is 3.32. The number of H-pyrrole nitrogens is 1. The summed E-state index contributed by atoms with van der Waals surface area (Å²) in [6.07, 6.45) is 4.40. The molecule has 1 aliphatic carbocycles. The molecule has 1 aliphatic rings. The van der Waals surface area contributed by atoms with Crippen molar-refractivity contribution in [2.24, 2.45) is 0 Å². The minimum atomic E-state index is -0.989. The van der Waals surface area contributed by atoms with Crippen LogP contribution in [-0.2, 0) is 6.42 Å². The van der Waals surface area contributed by atoms with E-state index in [1.54, 1.807) is 25.1 Å². The molecule has 156 valence electrons. The van der Waals surface area contributed by atoms with Gasteiger partial charge in [-0.3, -0.25) is 5.10 Å². The predicted octanol–water partition coefficient (Wildman–Crippen LogP) is 5.37. The Balaban J connectivity index is 1.42. The number of allylic oxidation sites excluding steroid dienone is 1. The van der Waals surface area contributed by atoms with Crippen molar-refractivity contribution in [2.75, 3.05) is 5.32 Å². The average molecular weight is 425 g/mol. The smallest absolute Gasteiger partial charge is 0.261 e. The summed E-state index contributed by atoms with van der Waals surface area (Å²) in [5.41, 5.74) is 1.73. The van der Waals surface area contributed by atoms with Gasteiger partial charge >= 0.3 is 0 Å². The summed E-state index contributed by atoms with van der Waals surface area (Å²) in [6, 6.07) is 5.92. The normalized spacial score (nSPS) is 12.6. The Hall–Kier alpha value is -4.08. The van der Waals surface area contributed by atoms with Gasteiger partial charge in [0, 0.05) is 23.3 Å². The van der Waals surface area contributed by atoms with Crippen molar-refractivity contribution in [3.05, 3.63) is 71.0 Å². The quantitative estimate of drug-likeness (QED) is 0.447. The van der Waals surface area contributed by atoms with Crippen molar-refractivity contribution in [2.45, 2.75) is 13.3 Å². The Morgan fingerprint density at radius 3 is 2.84 bits per heavy atom. The SMILES string of the molecule is CC1=Cc2c(F)c(Oc3ncnc(Nc4cc(-c5ccco5)[nH]n4)c3F)cc(F)c2C1. The predicted molar refractivity (Wildman–Crippen MR) is 105 cm³/mol. The lowest BCUT2D eigenvalue weighted by atomic mass is 10.1. The molecular formula is C21H14F3N5O2. The summed E-state index contributed by atoms with van der Waals surface area (Å²) >= 11 is 0. The number of hydrogen-bond donors (Lipinski definition) is 2. The first-order chi connectivity index (χ1) is 15.0. The Bertz CT molecular complexity index is 1320. The first-order valence-electron chi connectivity index (χ1n) is 9.22. The van der Waals surface area contributed by atoms with Crippen molar-refractivity contribution in [1.82, 2.24) is 20.2 Å². The third-order valence-corrected chi connectivity index (χ3v) is 4.75. The fraction of sp³-hybridized carbons (Fsp3) is 0.0952. The van der Waals surface area contributed by atoms with Crippen LogP contribution in [0.1, 0.15) is 18.1 Å². The molecular weight excluding hydrogens is 411 g/mol. The zero-order valence-electron chi connectivity index (χ0n) is 16.0. The number of anilines is 2. The van der Waals surface area contributed by atoms with E-state index in [-0.39, 0.29) is 22.8 Å².